The van der Waals surface area contributed by atoms with E-state index in [-0.39, 0.29) is 29.9 Å². The highest BCUT2D eigenvalue weighted by molar-refractivity contribution is 7.89. The fourth-order valence-corrected chi connectivity index (χ4v) is 5.93. The van der Waals surface area contributed by atoms with Gasteiger partial charge in [0.1, 0.15) is 0 Å². The van der Waals surface area contributed by atoms with Crippen LogP contribution in [0, 0.1) is 6.92 Å². The van der Waals surface area contributed by atoms with Crippen molar-refractivity contribution in [2.24, 2.45) is 0 Å². The molecule has 1 aliphatic rings. The van der Waals surface area contributed by atoms with E-state index in [9.17, 15) is 13.2 Å². The number of pyridine rings is 1. The molecule has 176 valence electrons. The standard InChI is InChI=1S/C25H27N5O3S/c1-17(2)30-24-23(16-26-30)22(14-18(3)27-24)25(31)28-10-12-29(13-11-28)34(32,33)21-9-8-19-6-4-5-7-20(19)15-21/h4-9,14-17H,10-13H2,1-3H3. The van der Waals surface area contributed by atoms with Gasteiger partial charge in [0.2, 0.25) is 10.0 Å². The van der Waals surface area contributed by atoms with E-state index in [0.717, 1.165) is 21.9 Å². The van der Waals surface area contributed by atoms with Gasteiger partial charge < -0.3 is 4.90 Å². The van der Waals surface area contributed by atoms with Crippen molar-refractivity contribution in [2.45, 2.75) is 31.7 Å². The van der Waals surface area contributed by atoms with Crippen molar-refractivity contribution in [3.8, 4) is 0 Å². The van der Waals surface area contributed by atoms with E-state index in [1.165, 1.54) is 4.31 Å². The smallest absolute Gasteiger partial charge is 0.254 e. The van der Waals surface area contributed by atoms with Crippen LogP contribution < -0.4 is 0 Å². The Morgan fingerprint density at radius 1 is 0.971 bits per heavy atom. The van der Waals surface area contributed by atoms with Gasteiger partial charge in [0.15, 0.2) is 5.65 Å². The van der Waals surface area contributed by atoms with Crippen LogP contribution in [0.1, 0.15) is 35.9 Å². The average molecular weight is 478 g/mol. The Labute approximate surface area is 198 Å². The molecule has 34 heavy (non-hydrogen) atoms. The van der Waals surface area contributed by atoms with Gasteiger partial charge in [0.25, 0.3) is 5.91 Å². The highest BCUT2D eigenvalue weighted by atomic mass is 32.2. The van der Waals surface area contributed by atoms with Crippen molar-refractivity contribution in [2.75, 3.05) is 26.2 Å². The third kappa shape index (κ3) is 3.84. The molecule has 0 atom stereocenters. The number of carbonyl (C=O) groups excluding carboxylic acids is 1. The molecule has 0 radical (unpaired) electrons. The second-order valence-corrected chi connectivity index (χ2v) is 10.9. The second-order valence-electron chi connectivity index (χ2n) is 8.94. The zero-order valence-electron chi connectivity index (χ0n) is 19.5. The van der Waals surface area contributed by atoms with Crippen LogP contribution in [0.4, 0.5) is 0 Å². The number of aromatic nitrogens is 3. The van der Waals surface area contributed by atoms with Crippen LogP contribution in [-0.4, -0.2) is 64.5 Å². The normalized spacial score (nSPS) is 15.5. The van der Waals surface area contributed by atoms with Gasteiger partial charge in [0.05, 0.1) is 22.0 Å². The number of benzene rings is 2. The molecule has 0 N–H and O–H groups in total. The molecule has 4 aromatic rings. The maximum Gasteiger partial charge on any atom is 0.254 e. The topological polar surface area (TPSA) is 88.4 Å². The Kier molecular flexibility index (Phi) is 5.61. The summed E-state index contributed by atoms with van der Waals surface area (Å²) >= 11 is 0. The molecular formula is C25H27N5O3S. The average Bonchev–Trinajstić information content (AvgIpc) is 3.27. The number of nitrogens with zero attached hydrogens (tertiary/aromatic N) is 5. The highest BCUT2D eigenvalue weighted by Gasteiger charge is 2.31. The maximum atomic E-state index is 13.4. The molecule has 1 saturated heterocycles. The molecule has 9 heteroatoms. The Morgan fingerprint density at radius 3 is 2.38 bits per heavy atom. The first-order valence-electron chi connectivity index (χ1n) is 11.4. The van der Waals surface area contributed by atoms with Crippen LogP contribution in [0.25, 0.3) is 21.8 Å². The Hall–Kier alpha value is -3.30. The summed E-state index contributed by atoms with van der Waals surface area (Å²) in [6, 6.07) is 14.8. The molecule has 0 spiro atoms. The summed E-state index contributed by atoms with van der Waals surface area (Å²) in [4.78, 5) is 20.0. The Balaban J connectivity index is 1.36. The molecule has 1 fully saturated rings. The number of sulfonamides is 1. The molecule has 5 rings (SSSR count). The van der Waals surface area contributed by atoms with Crippen LogP contribution in [0.5, 0.6) is 0 Å². The first-order valence-corrected chi connectivity index (χ1v) is 12.8. The lowest BCUT2D eigenvalue weighted by atomic mass is 10.1. The summed E-state index contributed by atoms with van der Waals surface area (Å²) in [6.45, 7) is 7.06. The Morgan fingerprint density at radius 2 is 1.68 bits per heavy atom. The van der Waals surface area contributed by atoms with Crippen molar-refractivity contribution in [3.63, 3.8) is 0 Å². The second kappa shape index (κ2) is 8.48. The third-order valence-corrected chi connectivity index (χ3v) is 8.19. The molecular weight excluding hydrogens is 450 g/mol. The maximum absolute atomic E-state index is 13.4. The minimum Gasteiger partial charge on any atom is -0.336 e. The van der Waals surface area contributed by atoms with Gasteiger partial charge >= 0.3 is 0 Å². The minimum atomic E-state index is -3.64. The van der Waals surface area contributed by atoms with Gasteiger partial charge in [-0.3, -0.25) is 4.79 Å². The van der Waals surface area contributed by atoms with Crippen LogP contribution in [0.2, 0.25) is 0 Å². The van der Waals surface area contributed by atoms with Gasteiger partial charge in [0, 0.05) is 37.9 Å². The van der Waals surface area contributed by atoms with Gasteiger partial charge in [-0.25, -0.2) is 18.1 Å². The van der Waals surface area contributed by atoms with Gasteiger partial charge in [-0.2, -0.15) is 9.40 Å². The van der Waals surface area contributed by atoms with Crippen molar-refractivity contribution >= 4 is 37.7 Å². The summed E-state index contributed by atoms with van der Waals surface area (Å²) in [5.74, 6) is -0.124. The van der Waals surface area contributed by atoms with E-state index in [1.54, 1.807) is 29.3 Å². The van der Waals surface area contributed by atoms with E-state index in [1.807, 2.05) is 55.8 Å². The lowest BCUT2D eigenvalue weighted by molar-refractivity contribution is 0.0699. The number of piperazine rings is 1. The number of fused-ring (bicyclic) bond motifs is 2. The summed E-state index contributed by atoms with van der Waals surface area (Å²) in [6.07, 6.45) is 1.69. The predicted molar refractivity (Wildman–Crippen MR) is 131 cm³/mol. The van der Waals surface area contributed by atoms with E-state index >= 15 is 0 Å². The zero-order chi connectivity index (χ0) is 24.0. The fraction of sp³-hybridized carbons (Fsp3) is 0.320. The number of carbonyl (C=O) groups is 1. The zero-order valence-corrected chi connectivity index (χ0v) is 20.3. The number of aryl methyl sites for hydroxylation is 1. The largest absolute Gasteiger partial charge is 0.336 e. The van der Waals surface area contributed by atoms with Crippen molar-refractivity contribution in [3.05, 3.63) is 66.0 Å². The molecule has 2 aromatic carbocycles. The summed E-state index contributed by atoms with van der Waals surface area (Å²) in [5, 5.41) is 7.02. The molecule has 0 bridgehead atoms. The van der Waals surface area contributed by atoms with Crippen LogP contribution in [0.15, 0.2) is 59.6 Å². The van der Waals surface area contributed by atoms with E-state index in [2.05, 4.69) is 10.1 Å². The van der Waals surface area contributed by atoms with Crippen LogP contribution in [-0.2, 0) is 10.0 Å². The monoisotopic (exact) mass is 477 g/mol. The lowest BCUT2D eigenvalue weighted by Crippen LogP contribution is -2.50. The summed E-state index contributed by atoms with van der Waals surface area (Å²) in [5.41, 5.74) is 1.99. The molecule has 0 aliphatic carbocycles. The number of hydrogen-bond acceptors (Lipinski definition) is 5. The third-order valence-electron chi connectivity index (χ3n) is 6.30. The number of hydrogen-bond donors (Lipinski definition) is 0. The lowest BCUT2D eigenvalue weighted by Gasteiger charge is -2.34. The molecule has 1 amide bonds. The molecule has 1 aliphatic heterocycles. The highest BCUT2D eigenvalue weighted by Crippen LogP contribution is 2.25. The number of amides is 1. The molecule has 2 aromatic heterocycles. The van der Waals surface area contributed by atoms with E-state index in [4.69, 9.17) is 0 Å². The molecule has 0 saturated carbocycles. The van der Waals surface area contributed by atoms with Crippen LogP contribution >= 0.6 is 0 Å². The van der Waals surface area contributed by atoms with Crippen LogP contribution in [0.3, 0.4) is 0 Å². The van der Waals surface area contributed by atoms with Gasteiger partial charge in [-0.1, -0.05) is 30.3 Å². The Bertz CT molecular complexity index is 1500. The SMILES string of the molecule is Cc1cc(C(=O)N2CCN(S(=O)(=O)c3ccc4ccccc4c3)CC2)c2cnn(C(C)C)c2n1. The van der Waals surface area contributed by atoms with Gasteiger partial charge in [-0.05, 0) is 49.7 Å². The van der Waals surface area contributed by atoms with Crippen molar-refractivity contribution in [1.29, 1.82) is 0 Å². The van der Waals surface area contributed by atoms with Crippen molar-refractivity contribution in [1.82, 2.24) is 24.0 Å². The summed E-state index contributed by atoms with van der Waals surface area (Å²) < 4.78 is 29.8. The van der Waals surface area contributed by atoms with Gasteiger partial charge in [-0.15, -0.1) is 0 Å². The van der Waals surface area contributed by atoms with E-state index < -0.39 is 10.0 Å². The molecule has 3 heterocycles. The first-order chi connectivity index (χ1) is 16.3. The number of rotatable bonds is 4. The molecule has 8 nitrogen and oxygen atoms in total. The van der Waals surface area contributed by atoms with E-state index in [0.29, 0.717) is 24.3 Å². The first kappa shape index (κ1) is 22.5. The predicted octanol–water partition coefficient (Wildman–Crippen LogP) is 3.62. The molecule has 0 unspecified atom stereocenters. The summed E-state index contributed by atoms with van der Waals surface area (Å²) in [7, 11) is -3.64. The minimum absolute atomic E-state index is 0.124. The fourth-order valence-electron chi connectivity index (χ4n) is 4.48. The van der Waals surface area contributed by atoms with Crippen molar-refractivity contribution < 1.29 is 13.2 Å². The quantitative estimate of drug-likeness (QED) is 0.448.